The lowest BCUT2D eigenvalue weighted by Crippen LogP contribution is -2.11. The van der Waals surface area contributed by atoms with E-state index in [1.54, 1.807) is 7.11 Å². The van der Waals surface area contributed by atoms with Crippen LogP contribution >= 0.6 is 0 Å². The Labute approximate surface area is 98.3 Å². The van der Waals surface area contributed by atoms with Gasteiger partial charge in [-0.3, -0.25) is 0 Å². The molecule has 16 heavy (non-hydrogen) atoms. The predicted octanol–water partition coefficient (Wildman–Crippen LogP) is 3.47. The molecule has 0 saturated heterocycles. The van der Waals surface area contributed by atoms with Crippen molar-refractivity contribution in [3.63, 3.8) is 0 Å². The van der Waals surface area contributed by atoms with E-state index < -0.39 is 6.10 Å². The fourth-order valence-electron chi connectivity index (χ4n) is 1.81. The average molecular weight is 222 g/mol. The first kappa shape index (κ1) is 13.0. The monoisotopic (exact) mass is 222 g/mol. The van der Waals surface area contributed by atoms with Gasteiger partial charge in [-0.1, -0.05) is 26.8 Å². The van der Waals surface area contributed by atoms with E-state index in [0.717, 1.165) is 23.3 Å². The first-order valence-corrected chi connectivity index (χ1v) is 5.66. The SMILES string of the molecule is COc1ccc(C(O)CC(C)(C)C)cc1C. The van der Waals surface area contributed by atoms with Gasteiger partial charge < -0.3 is 9.84 Å². The van der Waals surface area contributed by atoms with Crippen LogP contribution in [0.2, 0.25) is 0 Å². The van der Waals surface area contributed by atoms with Crippen LogP contribution in [0.5, 0.6) is 5.75 Å². The maximum atomic E-state index is 10.1. The molecular weight excluding hydrogens is 200 g/mol. The van der Waals surface area contributed by atoms with Crippen LogP contribution in [0.25, 0.3) is 0 Å². The molecular formula is C14H22O2. The Hall–Kier alpha value is -1.02. The van der Waals surface area contributed by atoms with Gasteiger partial charge in [-0.25, -0.2) is 0 Å². The zero-order valence-corrected chi connectivity index (χ0v) is 10.9. The van der Waals surface area contributed by atoms with Crippen molar-refractivity contribution >= 4 is 0 Å². The van der Waals surface area contributed by atoms with E-state index >= 15 is 0 Å². The third-order valence-electron chi connectivity index (χ3n) is 2.61. The van der Waals surface area contributed by atoms with Gasteiger partial charge in [0.05, 0.1) is 13.2 Å². The van der Waals surface area contributed by atoms with Crippen molar-refractivity contribution in [2.75, 3.05) is 7.11 Å². The molecule has 1 rings (SSSR count). The molecule has 1 aromatic rings. The lowest BCUT2D eigenvalue weighted by atomic mass is 9.86. The average Bonchev–Trinajstić information content (AvgIpc) is 2.15. The van der Waals surface area contributed by atoms with Gasteiger partial charge in [-0.05, 0) is 42.0 Å². The summed E-state index contributed by atoms with van der Waals surface area (Å²) in [7, 11) is 1.66. The number of aliphatic hydroxyl groups excluding tert-OH is 1. The van der Waals surface area contributed by atoms with Crippen molar-refractivity contribution < 1.29 is 9.84 Å². The fraction of sp³-hybridized carbons (Fsp3) is 0.571. The molecule has 0 amide bonds. The zero-order chi connectivity index (χ0) is 12.3. The van der Waals surface area contributed by atoms with Crippen molar-refractivity contribution in [3.05, 3.63) is 29.3 Å². The summed E-state index contributed by atoms with van der Waals surface area (Å²) in [4.78, 5) is 0. The van der Waals surface area contributed by atoms with Gasteiger partial charge in [-0.15, -0.1) is 0 Å². The minimum absolute atomic E-state index is 0.132. The highest BCUT2D eigenvalue weighted by molar-refractivity contribution is 5.36. The first-order chi connectivity index (χ1) is 7.33. The number of hydrogen-bond donors (Lipinski definition) is 1. The summed E-state index contributed by atoms with van der Waals surface area (Å²) in [6.07, 6.45) is 0.364. The summed E-state index contributed by atoms with van der Waals surface area (Å²) in [6, 6.07) is 5.84. The van der Waals surface area contributed by atoms with E-state index in [9.17, 15) is 5.11 Å². The van der Waals surface area contributed by atoms with Crippen molar-refractivity contribution in [2.45, 2.75) is 40.2 Å². The minimum Gasteiger partial charge on any atom is -0.496 e. The molecule has 1 unspecified atom stereocenters. The van der Waals surface area contributed by atoms with E-state index in [1.807, 2.05) is 25.1 Å². The molecule has 0 bridgehead atoms. The topological polar surface area (TPSA) is 29.5 Å². The third-order valence-corrected chi connectivity index (χ3v) is 2.61. The van der Waals surface area contributed by atoms with E-state index in [0.29, 0.717) is 0 Å². The van der Waals surface area contributed by atoms with Gasteiger partial charge in [0, 0.05) is 0 Å². The summed E-state index contributed by atoms with van der Waals surface area (Å²) in [5, 5.41) is 10.1. The predicted molar refractivity (Wildman–Crippen MR) is 66.8 cm³/mol. The summed E-state index contributed by atoms with van der Waals surface area (Å²) < 4.78 is 5.20. The summed E-state index contributed by atoms with van der Waals surface area (Å²) in [5.74, 6) is 0.867. The number of aliphatic hydroxyl groups is 1. The van der Waals surface area contributed by atoms with E-state index in [1.165, 1.54) is 0 Å². The normalized spacial score (nSPS) is 13.6. The highest BCUT2D eigenvalue weighted by Gasteiger charge is 2.18. The summed E-state index contributed by atoms with van der Waals surface area (Å²) >= 11 is 0. The smallest absolute Gasteiger partial charge is 0.121 e. The Morgan fingerprint density at radius 2 is 1.94 bits per heavy atom. The molecule has 2 nitrogen and oxygen atoms in total. The van der Waals surface area contributed by atoms with Crippen LogP contribution in [0.15, 0.2) is 18.2 Å². The second kappa shape index (κ2) is 4.88. The molecule has 0 radical (unpaired) electrons. The highest BCUT2D eigenvalue weighted by Crippen LogP contribution is 2.31. The zero-order valence-electron chi connectivity index (χ0n) is 10.9. The molecule has 1 N–H and O–H groups in total. The number of hydrogen-bond acceptors (Lipinski definition) is 2. The molecule has 0 spiro atoms. The number of aryl methyl sites for hydroxylation is 1. The molecule has 0 fully saturated rings. The molecule has 0 aliphatic heterocycles. The van der Waals surface area contributed by atoms with Crippen LogP contribution in [0.4, 0.5) is 0 Å². The van der Waals surface area contributed by atoms with E-state index in [4.69, 9.17) is 4.74 Å². The van der Waals surface area contributed by atoms with Crippen LogP contribution in [-0.2, 0) is 0 Å². The van der Waals surface area contributed by atoms with Gasteiger partial charge in [-0.2, -0.15) is 0 Å². The second-order valence-corrected chi connectivity index (χ2v) is 5.51. The van der Waals surface area contributed by atoms with Crippen molar-refractivity contribution in [1.29, 1.82) is 0 Å². The van der Waals surface area contributed by atoms with Crippen molar-refractivity contribution in [3.8, 4) is 5.75 Å². The maximum Gasteiger partial charge on any atom is 0.121 e. The van der Waals surface area contributed by atoms with Crippen LogP contribution in [0.1, 0.15) is 44.4 Å². The first-order valence-electron chi connectivity index (χ1n) is 5.66. The van der Waals surface area contributed by atoms with Gasteiger partial charge in [0.15, 0.2) is 0 Å². The summed E-state index contributed by atoms with van der Waals surface area (Å²) in [6.45, 7) is 8.39. The Kier molecular flexibility index (Phi) is 3.98. The quantitative estimate of drug-likeness (QED) is 0.848. The van der Waals surface area contributed by atoms with Gasteiger partial charge in [0.25, 0.3) is 0 Å². The number of methoxy groups -OCH3 is 1. The Morgan fingerprint density at radius 1 is 1.31 bits per heavy atom. The van der Waals surface area contributed by atoms with E-state index in [2.05, 4.69) is 20.8 Å². The lowest BCUT2D eigenvalue weighted by Gasteiger charge is -2.23. The highest BCUT2D eigenvalue weighted by atomic mass is 16.5. The standard InChI is InChI=1S/C14H22O2/c1-10-8-11(6-7-13(10)16-5)12(15)9-14(2,3)4/h6-8,12,15H,9H2,1-5H3. The summed E-state index contributed by atoms with van der Waals surface area (Å²) in [5.41, 5.74) is 2.16. The van der Waals surface area contributed by atoms with Crippen molar-refractivity contribution in [2.24, 2.45) is 5.41 Å². The van der Waals surface area contributed by atoms with Gasteiger partial charge >= 0.3 is 0 Å². The molecule has 0 aliphatic carbocycles. The molecule has 0 saturated carbocycles. The fourth-order valence-corrected chi connectivity index (χ4v) is 1.81. The Morgan fingerprint density at radius 3 is 2.38 bits per heavy atom. The molecule has 1 atom stereocenters. The van der Waals surface area contributed by atoms with Crippen LogP contribution in [-0.4, -0.2) is 12.2 Å². The van der Waals surface area contributed by atoms with Gasteiger partial charge in [0.1, 0.15) is 5.75 Å². The van der Waals surface area contributed by atoms with Gasteiger partial charge in [0.2, 0.25) is 0 Å². The van der Waals surface area contributed by atoms with Crippen LogP contribution in [0, 0.1) is 12.3 Å². The number of benzene rings is 1. The van der Waals surface area contributed by atoms with Crippen molar-refractivity contribution in [1.82, 2.24) is 0 Å². The Balaban J connectivity index is 2.85. The lowest BCUT2D eigenvalue weighted by molar-refractivity contribution is 0.122. The largest absolute Gasteiger partial charge is 0.496 e. The molecule has 1 aromatic carbocycles. The van der Waals surface area contributed by atoms with E-state index in [-0.39, 0.29) is 5.41 Å². The number of rotatable bonds is 3. The molecule has 0 aromatic heterocycles. The number of ether oxygens (including phenoxy) is 1. The third kappa shape index (κ3) is 3.53. The maximum absolute atomic E-state index is 10.1. The minimum atomic E-state index is -0.399. The molecule has 0 aliphatic rings. The molecule has 2 heteroatoms. The van der Waals surface area contributed by atoms with Crippen LogP contribution in [0.3, 0.4) is 0 Å². The Bertz CT molecular complexity index is 350. The molecule has 90 valence electrons. The molecule has 0 heterocycles. The van der Waals surface area contributed by atoms with Crippen LogP contribution < -0.4 is 4.74 Å². The second-order valence-electron chi connectivity index (χ2n) is 5.51.